The molecular weight excluding hydrogens is 432 g/mol. The third-order valence-electron chi connectivity index (χ3n) is 6.31. The molecule has 2 heterocycles. The van der Waals surface area contributed by atoms with Crippen molar-refractivity contribution < 1.29 is 23.4 Å². The number of nitrogens with zero attached hydrogens (tertiary/aromatic N) is 2. The predicted octanol–water partition coefficient (Wildman–Crippen LogP) is 4.53. The van der Waals surface area contributed by atoms with E-state index in [1.807, 2.05) is 0 Å². The number of hydrogen-bond donors (Lipinski definition) is 2. The highest BCUT2D eigenvalue weighted by atomic mass is 19.1. The molecule has 33 heavy (non-hydrogen) atoms. The van der Waals surface area contributed by atoms with Gasteiger partial charge < -0.3 is 24.6 Å². The molecule has 1 unspecified atom stereocenters. The zero-order valence-corrected chi connectivity index (χ0v) is 19.5. The summed E-state index contributed by atoms with van der Waals surface area (Å²) in [7, 11) is 0. The van der Waals surface area contributed by atoms with Crippen LogP contribution in [0, 0.1) is 5.82 Å². The Labute approximate surface area is 191 Å². The summed E-state index contributed by atoms with van der Waals surface area (Å²) in [6.07, 6.45) is 1.45. The number of amides is 1. The highest BCUT2D eigenvalue weighted by molar-refractivity contribution is 5.92. The lowest BCUT2D eigenvalue weighted by atomic mass is 10.0. The number of aromatic nitrogens is 1. The van der Waals surface area contributed by atoms with Gasteiger partial charge in [-0.2, -0.15) is 0 Å². The molecule has 2 fully saturated rings. The van der Waals surface area contributed by atoms with Crippen molar-refractivity contribution in [3.05, 3.63) is 33.9 Å². The van der Waals surface area contributed by atoms with Gasteiger partial charge in [-0.3, -0.25) is 4.79 Å². The second kappa shape index (κ2) is 8.18. The van der Waals surface area contributed by atoms with E-state index in [1.165, 1.54) is 6.07 Å². The number of benzene rings is 1. The summed E-state index contributed by atoms with van der Waals surface area (Å²) >= 11 is 0. The van der Waals surface area contributed by atoms with Gasteiger partial charge >= 0.3 is 6.09 Å². The van der Waals surface area contributed by atoms with E-state index in [2.05, 4.69) is 5.32 Å². The number of alkyl halides is 1. The number of halogens is 2. The summed E-state index contributed by atoms with van der Waals surface area (Å²) in [6.45, 7) is 7.12. The molecule has 1 aliphatic heterocycles. The fourth-order valence-corrected chi connectivity index (χ4v) is 4.52. The minimum Gasteiger partial charge on any atom is -0.507 e. The van der Waals surface area contributed by atoms with E-state index in [9.17, 15) is 14.7 Å². The van der Waals surface area contributed by atoms with Crippen molar-refractivity contribution >= 4 is 22.7 Å². The van der Waals surface area contributed by atoms with Gasteiger partial charge in [0.25, 0.3) is 5.56 Å². The van der Waals surface area contributed by atoms with Crippen molar-refractivity contribution in [2.45, 2.75) is 77.2 Å². The molecule has 1 amide bonds. The van der Waals surface area contributed by atoms with E-state index in [0.717, 1.165) is 18.9 Å². The molecule has 1 aromatic heterocycles. The number of pyridine rings is 1. The van der Waals surface area contributed by atoms with Gasteiger partial charge in [-0.25, -0.2) is 13.6 Å². The Bertz CT molecular complexity index is 1150. The number of fused-ring (bicyclic) bond motifs is 1. The SMILES string of the molecule is CCC1(F)CCN(c2c(F)cc3c(O)cc(=O)n(C4CC4)c3c2CNC(=O)OC(C)(C)C)C1. The molecule has 7 nitrogen and oxygen atoms in total. The first kappa shape index (κ1) is 23.3. The molecule has 180 valence electrons. The van der Waals surface area contributed by atoms with Crippen LogP contribution in [0.5, 0.6) is 5.75 Å². The van der Waals surface area contributed by atoms with E-state index in [0.29, 0.717) is 24.0 Å². The molecule has 1 saturated carbocycles. The first-order valence-electron chi connectivity index (χ1n) is 11.4. The Kier molecular flexibility index (Phi) is 5.78. The lowest BCUT2D eigenvalue weighted by Crippen LogP contribution is -2.34. The Morgan fingerprint density at radius 3 is 2.61 bits per heavy atom. The summed E-state index contributed by atoms with van der Waals surface area (Å²) in [6, 6.07) is 2.22. The Morgan fingerprint density at radius 2 is 2.03 bits per heavy atom. The lowest BCUT2D eigenvalue weighted by molar-refractivity contribution is 0.0523. The van der Waals surface area contributed by atoms with E-state index in [4.69, 9.17) is 4.74 Å². The fraction of sp³-hybridized carbons (Fsp3) is 0.583. The van der Waals surface area contributed by atoms with Gasteiger partial charge in [0, 0.05) is 36.0 Å². The molecule has 1 aromatic carbocycles. The Morgan fingerprint density at radius 1 is 1.33 bits per heavy atom. The maximum Gasteiger partial charge on any atom is 0.407 e. The van der Waals surface area contributed by atoms with Crippen LogP contribution in [0.4, 0.5) is 19.3 Å². The highest BCUT2D eigenvalue weighted by Crippen LogP contribution is 2.43. The van der Waals surface area contributed by atoms with Gasteiger partial charge in [-0.1, -0.05) is 6.92 Å². The molecule has 0 bridgehead atoms. The summed E-state index contributed by atoms with van der Waals surface area (Å²) < 4.78 is 37.4. The Hall–Kier alpha value is -2.84. The Balaban J connectivity index is 1.88. The van der Waals surface area contributed by atoms with Crippen LogP contribution >= 0.6 is 0 Å². The van der Waals surface area contributed by atoms with Crippen molar-refractivity contribution in [2.75, 3.05) is 18.0 Å². The number of nitrogens with one attached hydrogen (secondary N) is 1. The number of carbonyl (C=O) groups is 1. The number of carbonyl (C=O) groups excluding carboxylic acids is 1. The topological polar surface area (TPSA) is 83.8 Å². The van der Waals surface area contributed by atoms with Crippen LogP contribution in [-0.2, 0) is 11.3 Å². The van der Waals surface area contributed by atoms with Gasteiger partial charge in [0.2, 0.25) is 0 Å². The summed E-state index contributed by atoms with van der Waals surface area (Å²) in [5, 5.41) is 13.3. The quantitative estimate of drug-likeness (QED) is 0.681. The van der Waals surface area contributed by atoms with E-state index in [-0.39, 0.29) is 42.4 Å². The molecule has 0 radical (unpaired) electrons. The molecule has 1 atom stereocenters. The molecule has 1 saturated heterocycles. The average Bonchev–Trinajstić information content (AvgIpc) is 3.47. The van der Waals surface area contributed by atoms with Crippen molar-refractivity contribution in [3.63, 3.8) is 0 Å². The third kappa shape index (κ3) is 4.63. The third-order valence-corrected chi connectivity index (χ3v) is 6.31. The van der Waals surface area contributed by atoms with Crippen LogP contribution in [0.1, 0.15) is 65.0 Å². The van der Waals surface area contributed by atoms with Crippen molar-refractivity contribution in [3.8, 4) is 5.75 Å². The van der Waals surface area contributed by atoms with Gasteiger partial charge in [-0.05, 0) is 46.1 Å². The van der Waals surface area contributed by atoms with Crippen molar-refractivity contribution in [1.82, 2.24) is 9.88 Å². The number of alkyl carbamates (subject to hydrolysis) is 1. The number of anilines is 1. The van der Waals surface area contributed by atoms with E-state index < -0.39 is 28.7 Å². The van der Waals surface area contributed by atoms with Crippen LogP contribution in [0.15, 0.2) is 16.9 Å². The average molecular weight is 464 g/mol. The molecule has 9 heteroatoms. The van der Waals surface area contributed by atoms with Crippen LogP contribution in [0.3, 0.4) is 0 Å². The normalized spacial score (nSPS) is 21.0. The van der Waals surface area contributed by atoms with Gasteiger partial charge in [0.05, 0.1) is 24.3 Å². The first-order chi connectivity index (χ1) is 15.4. The zero-order chi connectivity index (χ0) is 24.1. The molecule has 2 aromatic rings. The molecule has 4 rings (SSSR count). The van der Waals surface area contributed by atoms with Gasteiger partial charge in [0.1, 0.15) is 22.8 Å². The second-order valence-electron chi connectivity index (χ2n) is 10.1. The number of ether oxygens (including phenoxy) is 1. The minimum atomic E-state index is -1.44. The van der Waals surface area contributed by atoms with E-state index in [1.54, 1.807) is 37.2 Å². The summed E-state index contributed by atoms with van der Waals surface area (Å²) in [5.41, 5.74) is -1.72. The predicted molar refractivity (Wildman–Crippen MR) is 122 cm³/mol. The monoisotopic (exact) mass is 463 g/mol. The van der Waals surface area contributed by atoms with Crippen LogP contribution < -0.4 is 15.8 Å². The van der Waals surface area contributed by atoms with Crippen molar-refractivity contribution in [2.24, 2.45) is 0 Å². The van der Waals surface area contributed by atoms with Gasteiger partial charge in [0.15, 0.2) is 0 Å². The highest BCUT2D eigenvalue weighted by Gasteiger charge is 2.39. The van der Waals surface area contributed by atoms with Gasteiger partial charge in [-0.15, -0.1) is 0 Å². The molecule has 2 aliphatic rings. The standard InChI is InChI=1S/C24H31F2N3O4/c1-5-24(26)8-9-28(13-24)21-16(12-27-22(32)33-23(2,3)4)20-15(10-17(21)25)18(30)11-19(31)29(20)14-6-7-14/h10-11,14,30H,5-9,12-13H2,1-4H3,(H,27,32). The molecule has 1 aliphatic carbocycles. The molecule has 0 spiro atoms. The first-order valence-corrected chi connectivity index (χ1v) is 11.4. The maximum atomic E-state index is 15.5. The smallest absolute Gasteiger partial charge is 0.407 e. The number of rotatable bonds is 5. The lowest BCUT2D eigenvalue weighted by Gasteiger charge is -2.27. The maximum absolute atomic E-state index is 15.5. The van der Waals surface area contributed by atoms with Crippen LogP contribution in [0.25, 0.3) is 10.9 Å². The largest absolute Gasteiger partial charge is 0.507 e. The van der Waals surface area contributed by atoms with Crippen LogP contribution in [0.2, 0.25) is 0 Å². The number of hydrogen-bond acceptors (Lipinski definition) is 5. The summed E-state index contributed by atoms with van der Waals surface area (Å²) in [4.78, 5) is 26.8. The fourth-order valence-electron chi connectivity index (χ4n) is 4.52. The van der Waals surface area contributed by atoms with E-state index >= 15 is 8.78 Å². The second-order valence-corrected chi connectivity index (χ2v) is 10.1. The minimum absolute atomic E-state index is 0.0117. The molecule has 2 N–H and O–H groups in total. The number of aromatic hydroxyl groups is 1. The van der Waals surface area contributed by atoms with Crippen LogP contribution in [-0.4, -0.2) is 40.1 Å². The summed E-state index contributed by atoms with van der Waals surface area (Å²) in [5.74, 6) is -0.967. The zero-order valence-electron chi connectivity index (χ0n) is 19.5. The van der Waals surface area contributed by atoms with Crippen molar-refractivity contribution in [1.29, 1.82) is 0 Å². The molecular formula is C24H31F2N3O4.